The van der Waals surface area contributed by atoms with Crippen molar-refractivity contribution in [2.45, 2.75) is 30.3 Å². The second-order valence-corrected chi connectivity index (χ2v) is 6.17. The molecule has 1 aromatic rings. The molecule has 2 rings (SSSR count). The van der Waals surface area contributed by atoms with Crippen molar-refractivity contribution in [1.29, 1.82) is 0 Å². The van der Waals surface area contributed by atoms with Gasteiger partial charge in [-0.05, 0) is 31.9 Å². The number of aliphatic hydroxyl groups is 1. The summed E-state index contributed by atoms with van der Waals surface area (Å²) in [5.41, 5.74) is -0.428. The van der Waals surface area contributed by atoms with Crippen LogP contribution in [0.15, 0.2) is 35.2 Å². The molecule has 1 aromatic carbocycles. The summed E-state index contributed by atoms with van der Waals surface area (Å²) >= 11 is 1.91. The van der Waals surface area contributed by atoms with Gasteiger partial charge in [-0.3, -0.25) is 0 Å². The summed E-state index contributed by atoms with van der Waals surface area (Å²) in [6.45, 7) is 5.13. The van der Waals surface area contributed by atoms with E-state index in [0.717, 1.165) is 38.2 Å². The Balaban J connectivity index is 1.67. The van der Waals surface area contributed by atoms with E-state index in [9.17, 15) is 5.11 Å². The normalized spacial score (nSPS) is 20.4. The van der Waals surface area contributed by atoms with Crippen molar-refractivity contribution in [3.8, 4) is 0 Å². The average molecular weight is 251 g/mol. The fraction of sp³-hybridized carbons (Fsp3) is 0.571. The molecule has 0 radical (unpaired) electrons. The number of hydrogen-bond donors (Lipinski definition) is 1. The molecule has 0 saturated carbocycles. The van der Waals surface area contributed by atoms with E-state index in [1.165, 1.54) is 4.90 Å². The van der Waals surface area contributed by atoms with E-state index in [4.69, 9.17) is 0 Å². The Bertz CT molecular complexity index is 329. The zero-order valence-electron chi connectivity index (χ0n) is 10.4. The number of likely N-dealkylation sites (tertiary alicyclic amines) is 1. The maximum absolute atomic E-state index is 9.86. The number of hydrogen-bond acceptors (Lipinski definition) is 3. The monoisotopic (exact) mass is 251 g/mol. The van der Waals surface area contributed by atoms with Crippen LogP contribution < -0.4 is 0 Å². The molecule has 0 aliphatic carbocycles. The summed E-state index contributed by atoms with van der Waals surface area (Å²) in [6.07, 6.45) is 1.81. The van der Waals surface area contributed by atoms with Gasteiger partial charge in [-0.1, -0.05) is 18.2 Å². The van der Waals surface area contributed by atoms with Crippen LogP contribution in [0.1, 0.15) is 19.8 Å². The Morgan fingerprint density at radius 3 is 2.53 bits per heavy atom. The molecular formula is C14H21NOS. The summed E-state index contributed by atoms with van der Waals surface area (Å²) < 4.78 is 0. The van der Waals surface area contributed by atoms with E-state index < -0.39 is 5.60 Å². The summed E-state index contributed by atoms with van der Waals surface area (Å²) in [4.78, 5) is 3.80. The van der Waals surface area contributed by atoms with Gasteiger partial charge in [0.2, 0.25) is 0 Å². The number of piperidine rings is 1. The molecule has 1 heterocycles. The lowest BCUT2D eigenvalue weighted by Gasteiger charge is -2.35. The highest BCUT2D eigenvalue weighted by molar-refractivity contribution is 7.99. The van der Waals surface area contributed by atoms with Crippen molar-refractivity contribution < 1.29 is 5.11 Å². The van der Waals surface area contributed by atoms with Crippen LogP contribution in [0.5, 0.6) is 0 Å². The standard InChI is InChI=1S/C14H21NOS/c1-14(16)7-9-15(10-8-14)11-12-17-13-5-3-2-4-6-13/h2-6,16H,7-12H2,1H3. The molecule has 1 N–H and O–H groups in total. The van der Waals surface area contributed by atoms with Crippen LogP contribution in [0.3, 0.4) is 0 Å². The predicted molar refractivity (Wildman–Crippen MR) is 73.5 cm³/mol. The molecule has 0 spiro atoms. The summed E-state index contributed by atoms with van der Waals surface area (Å²) in [6, 6.07) is 10.5. The highest BCUT2D eigenvalue weighted by Gasteiger charge is 2.26. The molecule has 0 unspecified atom stereocenters. The van der Waals surface area contributed by atoms with Gasteiger partial charge in [0.15, 0.2) is 0 Å². The van der Waals surface area contributed by atoms with Crippen molar-refractivity contribution in [2.75, 3.05) is 25.4 Å². The van der Waals surface area contributed by atoms with Gasteiger partial charge in [0.05, 0.1) is 5.60 Å². The van der Waals surface area contributed by atoms with Crippen molar-refractivity contribution in [3.63, 3.8) is 0 Å². The summed E-state index contributed by atoms with van der Waals surface area (Å²) in [5.74, 6) is 1.13. The van der Waals surface area contributed by atoms with Crippen molar-refractivity contribution in [3.05, 3.63) is 30.3 Å². The number of thioether (sulfide) groups is 1. The molecule has 0 atom stereocenters. The number of benzene rings is 1. The van der Waals surface area contributed by atoms with E-state index in [2.05, 4.69) is 35.2 Å². The van der Waals surface area contributed by atoms with E-state index >= 15 is 0 Å². The summed E-state index contributed by atoms with van der Waals surface area (Å²) in [5, 5.41) is 9.86. The van der Waals surface area contributed by atoms with Crippen LogP contribution in [0.2, 0.25) is 0 Å². The van der Waals surface area contributed by atoms with Crippen LogP contribution in [0.25, 0.3) is 0 Å². The minimum atomic E-state index is -0.428. The van der Waals surface area contributed by atoms with E-state index in [0.29, 0.717) is 0 Å². The van der Waals surface area contributed by atoms with Crippen molar-refractivity contribution in [1.82, 2.24) is 4.90 Å². The third-order valence-electron chi connectivity index (χ3n) is 3.35. The fourth-order valence-corrected chi connectivity index (χ4v) is 3.00. The highest BCUT2D eigenvalue weighted by Crippen LogP contribution is 2.22. The van der Waals surface area contributed by atoms with Crippen LogP contribution in [0.4, 0.5) is 0 Å². The van der Waals surface area contributed by atoms with Crippen LogP contribution in [-0.2, 0) is 0 Å². The number of rotatable bonds is 4. The first-order valence-corrected chi connectivity index (χ1v) is 7.27. The Kier molecular flexibility index (Phi) is 4.48. The third kappa shape index (κ3) is 4.34. The van der Waals surface area contributed by atoms with Gasteiger partial charge < -0.3 is 10.0 Å². The summed E-state index contributed by atoms with van der Waals surface area (Å²) in [7, 11) is 0. The topological polar surface area (TPSA) is 23.5 Å². The largest absolute Gasteiger partial charge is 0.390 e. The Morgan fingerprint density at radius 1 is 1.24 bits per heavy atom. The quantitative estimate of drug-likeness (QED) is 0.832. The van der Waals surface area contributed by atoms with E-state index in [1.807, 2.05) is 18.7 Å². The first-order valence-electron chi connectivity index (χ1n) is 6.28. The minimum Gasteiger partial charge on any atom is -0.390 e. The second-order valence-electron chi connectivity index (χ2n) is 5.00. The smallest absolute Gasteiger partial charge is 0.0644 e. The minimum absolute atomic E-state index is 0.428. The van der Waals surface area contributed by atoms with Gasteiger partial charge in [-0.25, -0.2) is 0 Å². The lowest BCUT2D eigenvalue weighted by Crippen LogP contribution is -2.43. The number of nitrogens with zero attached hydrogens (tertiary/aromatic N) is 1. The van der Waals surface area contributed by atoms with E-state index in [-0.39, 0.29) is 0 Å². The van der Waals surface area contributed by atoms with Gasteiger partial charge in [0.1, 0.15) is 0 Å². The molecule has 0 aromatic heterocycles. The van der Waals surface area contributed by atoms with Crippen molar-refractivity contribution in [2.24, 2.45) is 0 Å². The highest BCUT2D eigenvalue weighted by atomic mass is 32.2. The molecule has 17 heavy (non-hydrogen) atoms. The molecular weight excluding hydrogens is 230 g/mol. The van der Waals surface area contributed by atoms with Gasteiger partial charge in [-0.2, -0.15) is 0 Å². The SMILES string of the molecule is CC1(O)CCN(CCSc2ccccc2)CC1. The average Bonchev–Trinajstić information content (AvgIpc) is 2.33. The maximum Gasteiger partial charge on any atom is 0.0644 e. The van der Waals surface area contributed by atoms with Crippen LogP contribution in [-0.4, -0.2) is 41.0 Å². The molecule has 0 amide bonds. The first-order chi connectivity index (χ1) is 8.16. The first kappa shape index (κ1) is 12.9. The van der Waals surface area contributed by atoms with Crippen LogP contribution >= 0.6 is 11.8 Å². The van der Waals surface area contributed by atoms with E-state index in [1.54, 1.807) is 0 Å². The third-order valence-corrected chi connectivity index (χ3v) is 4.34. The molecule has 2 nitrogen and oxygen atoms in total. The second kappa shape index (κ2) is 5.89. The zero-order valence-corrected chi connectivity index (χ0v) is 11.2. The van der Waals surface area contributed by atoms with Gasteiger partial charge in [0.25, 0.3) is 0 Å². The molecule has 1 fully saturated rings. The zero-order chi connectivity index (χ0) is 12.1. The lowest BCUT2D eigenvalue weighted by molar-refractivity contribution is -0.00365. The fourth-order valence-electron chi connectivity index (χ4n) is 2.07. The molecule has 0 bridgehead atoms. The van der Waals surface area contributed by atoms with Crippen LogP contribution in [0, 0.1) is 0 Å². The molecule has 1 saturated heterocycles. The lowest BCUT2D eigenvalue weighted by atomic mass is 9.94. The van der Waals surface area contributed by atoms with Gasteiger partial charge in [0, 0.05) is 30.3 Å². The molecule has 94 valence electrons. The Morgan fingerprint density at radius 2 is 1.88 bits per heavy atom. The van der Waals surface area contributed by atoms with Crippen molar-refractivity contribution >= 4 is 11.8 Å². The Labute approximate surface area is 108 Å². The molecule has 3 heteroatoms. The predicted octanol–water partition coefficient (Wildman–Crippen LogP) is 2.63. The molecule has 1 aliphatic rings. The maximum atomic E-state index is 9.86. The molecule has 1 aliphatic heterocycles. The van der Waals surface area contributed by atoms with Gasteiger partial charge >= 0.3 is 0 Å². The van der Waals surface area contributed by atoms with Gasteiger partial charge in [-0.15, -0.1) is 11.8 Å². The Hall–Kier alpha value is -0.510.